The molecule has 2 fully saturated rings. The molecule has 2 saturated heterocycles. The Labute approximate surface area is 248 Å². The molecule has 5 rings (SSSR count). The first kappa shape index (κ1) is 31.2. The first-order chi connectivity index (χ1) is 20.1. The fraction of sp³-hybridized carbons (Fsp3) is 0.586. The van der Waals surface area contributed by atoms with Crippen molar-refractivity contribution in [2.24, 2.45) is 0 Å². The van der Waals surface area contributed by atoms with Crippen LogP contribution in [-0.2, 0) is 37.6 Å². The summed E-state index contributed by atoms with van der Waals surface area (Å²) in [7, 11) is -4.25. The van der Waals surface area contributed by atoms with Crippen LogP contribution in [0.1, 0.15) is 43.2 Å². The molecule has 232 valence electrons. The van der Waals surface area contributed by atoms with Crippen LogP contribution in [0.3, 0.4) is 0 Å². The van der Waals surface area contributed by atoms with Crippen molar-refractivity contribution in [2.75, 3.05) is 47.0 Å². The summed E-state index contributed by atoms with van der Waals surface area (Å²) in [5.74, 6) is 1.12. The largest absolute Gasteiger partial charge is 0.496 e. The molecule has 2 aliphatic heterocycles. The predicted octanol–water partition coefficient (Wildman–Crippen LogP) is 1.82. The summed E-state index contributed by atoms with van der Waals surface area (Å²) in [4.78, 5) is 0.498. The number of ether oxygens (including phenoxy) is 3. The Morgan fingerprint density at radius 2 is 1.83 bits per heavy atom. The molecule has 0 aromatic heterocycles. The van der Waals surface area contributed by atoms with Gasteiger partial charge in [0, 0.05) is 31.7 Å². The van der Waals surface area contributed by atoms with Gasteiger partial charge in [0.25, 0.3) is 0 Å². The molecule has 11 nitrogen and oxygen atoms in total. The van der Waals surface area contributed by atoms with E-state index in [2.05, 4.69) is 10.0 Å². The maximum Gasteiger partial charge on any atom is 0.243 e. The van der Waals surface area contributed by atoms with E-state index in [1.807, 2.05) is 0 Å². The second-order valence-electron chi connectivity index (χ2n) is 11.3. The van der Waals surface area contributed by atoms with Gasteiger partial charge in [-0.25, -0.2) is 21.6 Å². The first-order valence-electron chi connectivity index (χ1n) is 14.5. The molecule has 0 bridgehead atoms. The fourth-order valence-electron chi connectivity index (χ4n) is 6.23. The van der Waals surface area contributed by atoms with Crippen molar-refractivity contribution in [3.63, 3.8) is 0 Å². The van der Waals surface area contributed by atoms with Crippen LogP contribution in [0.5, 0.6) is 11.5 Å². The van der Waals surface area contributed by atoms with Gasteiger partial charge in [-0.05, 0) is 87.4 Å². The van der Waals surface area contributed by atoms with Gasteiger partial charge >= 0.3 is 0 Å². The van der Waals surface area contributed by atoms with Crippen molar-refractivity contribution in [3.05, 3.63) is 47.5 Å². The molecular weight excluding hydrogens is 582 g/mol. The molecule has 0 amide bonds. The second-order valence-corrected chi connectivity index (χ2v) is 15.1. The first-order valence-corrected chi connectivity index (χ1v) is 17.4. The Kier molecular flexibility index (Phi) is 9.48. The number of rotatable bonds is 11. The number of sulfonamides is 2. The summed E-state index contributed by atoms with van der Waals surface area (Å²) in [6.45, 7) is 1.55. The van der Waals surface area contributed by atoms with Crippen molar-refractivity contribution in [1.29, 1.82) is 0 Å². The quantitative estimate of drug-likeness (QED) is 0.342. The number of methoxy groups -OCH3 is 1. The van der Waals surface area contributed by atoms with Gasteiger partial charge in [-0.15, -0.1) is 0 Å². The van der Waals surface area contributed by atoms with Crippen LogP contribution in [0.25, 0.3) is 0 Å². The van der Waals surface area contributed by atoms with E-state index in [0.717, 1.165) is 49.0 Å². The van der Waals surface area contributed by atoms with Gasteiger partial charge in [0.15, 0.2) is 0 Å². The summed E-state index contributed by atoms with van der Waals surface area (Å²) < 4.78 is 72.6. The minimum Gasteiger partial charge on any atom is -0.496 e. The van der Waals surface area contributed by atoms with Crippen LogP contribution in [0.15, 0.2) is 46.2 Å². The van der Waals surface area contributed by atoms with E-state index in [0.29, 0.717) is 43.2 Å². The molecule has 3 aliphatic rings. The molecule has 2 heterocycles. The summed E-state index contributed by atoms with van der Waals surface area (Å²) in [5, 5.41) is 13.8. The number of nitrogens with zero attached hydrogens (tertiary/aromatic N) is 1. The molecular formula is C29H41N3O8S2. The Bertz CT molecular complexity index is 1470. The second kappa shape index (κ2) is 12.8. The smallest absolute Gasteiger partial charge is 0.243 e. The van der Waals surface area contributed by atoms with Gasteiger partial charge in [0.2, 0.25) is 20.0 Å². The van der Waals surface area contributed by atoms with Crippen LogP contribution in [-0.4, -0.2) is 91.0 Å². The maximum atomic E-state index is 13.7. The van der Waals surface area contributed by atoms with Crippen LogP contribution < -0.4 is 19.5 Å². The van der Waals surface area contributed by atoms with E-state index in [1.165, 1.54) is 19.2 Å². The Morgan fingerprint density at radius 1 is 1.10 bits per heavy atom. The topological polar surface area (TPSA) is 144 Å². The van der Waals surface area contributed by atoms with Crippen LogP contribution in [0, 0.1) is 0 Å². The van der Waals surface area contributed by atoms with Gasteiger partial charge in [-0.1, -0.05) is 6.07 Å². The lowest BCUT2D eigenvalue weighted by Gasteiger charge is -2.38. The molecule has 0 radical (unpaired) electrons. The van der Waals surface area contributed by atoms with Crippen LogP contribution in [0.2, 0.25) is 0 Å². The van der Waals surface area contributed by atoms with E-state index in [1.54, 1.807) is 35.7 Å². The molecule has 1 aliphatic carbocycles. The third-order valence-corrected chi connectivity index (χ3v) is 12.0. The Hall–Kier alpha value is -2.26. The molecule has 2 aromatic rings. The summed E-state index contributed by atoms with van der Waals surface area (Å²) >= 11 is 0. The van der Waals surface area contributed by atoms with Crippen molar-refractivity contribution in [2.45, 2.75) is 72.5 Å². The molecule has 2 atom stereocenters. The third kappa shape index (κ3) is 6.62. The lowest BCUT2D eigenvalue weighted by Crippen LogP contribution is -2.47. The molecule has 1 spiro atoms. The van der Waals surface area contributed by atoms with Crippen LogP contribution in [0.4, 0.5) is 0 Å². The zero-order chi connectivity index (χ0) is 30.0. The molecule has 13 heteroatoms. The number of aliphatic hydroxyl groups is 1. The molecule has 42 heavy (non-hydrogen) atoms. The van der Waals surface area contributed by atoms with Crippen molar-refractivity contribution in [3.8, 4) is 11.5 Å². The Balaban J connectivity index is 1.11. The van der Waals surface area contributed by atoms with E-state index in [9.17, 15) is 21.9 Å². The summed E-state index contributed by atoms with van der Waals surface area (Å²) in [5.41, 5.74) is 1.54. The zero-order valence-corrected chi connectivity index (χ0v) is 25.8. The predicted molar refractivity (Wildman–Crippen MR) is 157 cm³/mol. The zero-order valence-electron chi connectivity index (χ0n) is 24.2. The number of benzene rings is 2. The SMILES string of the molecule is CNS(=O)(=O)c1cccc(OC[C@@H](O)CNC2COC3(CCN(S(=O)(=O)c4ccc(OC)c5c4CCCC5)CC3)C2)c1. The van der Waals surface area contributed by atoms with E-state index in [4.69, 9.17) is 14.2 Å². The van der Waals surface area contributed by atoms with Gasteiger partial charge < -0.3 is 24.6 Å². The van der Waals surface area contributed by atoms with E-state index >= 15 is 0 Å². The van der Waals surface area contributed by atoms with Gasteiger partial charge in [0.05, 0.1) is 29.1 Å². The number of aliphatic hydroxyl groups excluding tert-OH is 1. The average molecular weight is 624 g/mol. The normalized spacial score (nSPS) is 21.6. The minimum absolute atomic E-state index is 0.00332. The highest BCUT2D eigenvalue weighted by atomic mass is 32.2. The number of hydrogen-bond donors (Lipinski definition) is 3. The Morgan fingerprint density at radius 3 is 2.55 bits per heavy atom. The number of nitrogens with one attached hydrogen (secondary N) is 2. The number of hydrogen-bond acceptors (Lipinski definition) is 9. The number of fused-ring (bicyclic) bond motifs is 1. The highest BCUT2D eigenvalue weighted by Gasteiger charge is 2.45. The lowest BCUT2D eigenvalue weighted by molar-refractivity contribution is -0.0312. The average Bonchev–Trinajstić information content (AvgIpc) is 3.40. The van der Waals surface area contributed by atoms with E-state index in [-0.39, 0.29) is 29.7 Å². The van der Waals surface area contributed by atoms with Crippen molar-refractivity contribution in [1.82, 2.24) is 14.3 Å². The summed E-state index contributed by atoms with van der Waals surface area (Å²) in [6.07, 6.45) is 4.74. The van der Waals surface area contributed by atoms with Gasteiger partial charge in [-0.3, -0.25) is 0 Å². The van der Waals surface area contributed by atoms with Crippen molar-refractivity contribution >= 4 is 20.0 Å². The summed E-state index contributed by atoms with van der Waals surface area (Å²) in [6, 6.07) is 9.62. The molecule has 0 saturated carbocycles. The van der Waals surface area contributed by atoms with Crippen LogP contribution >= 0.6 is 0 Å². The molecule has 3 N–H and O–H groups in total. The number of piperidine rings is 1. The van der Waals surface area contributed by atoms with Gasteiger partial charge in [-0.2, -0.15) is 4.31 Å². The van der Waals surface area contributed by atoms with Crippen molar-refractivity contribution < 1.29 is 36.2 Å². The molecule has 1 unspecified atom stereocenters. The monoisotopic (exact) mass is 623 g/mol. The maximum absolute atomic E-state index is 13.7. The van der Waals surface area contributed by atoms with E-state index < -0.39 is 26.2 Å². The molecule has 2 aromatic carbocycles. The highest BCUT2D eigenvalue weighted by Crippen LogP contribution is 2.40. The van der Waals surface area contributed by atoms with Gasteiger partial charge in [0.1, 0.15) is 24.2 Å². The standard InChI is InChI=1S/C29H41N3O8S2/c1-30-41(34,35)24-7-5-6-23(16-24)39-20-22(33)18-31-21-17-29(40-19-21)12-14-32(15-13-29)42(36,37)28-11-10-27(38-2)25-8-3-4-9-26(25)28/h5-7,10-11,16,21-22,30-31,33H,3-4,8-9,12-15,17-20H2,1-2H3/t21?,22-/m0/s1. The fourth-order valence-corrected chi connectivity index (χ4v) is 8.72. The lowest BCUT2D eigenvalue weighted by atomic mass is 9.88. The highest BCUT2D eigenvalue weighted by molar-refractivity contribution is 7.89. The third-order valence-electron chi connectivity index (χ3n) is 8.60. The minimum atomic E-state index is -3.63.